The fourth-order valence-electron chi connectivity index (χ4n) is 2.31. The van der Waals surface area contributed by atoms with E-state index in [0.717, 1.165) is 11.1 Å². The van der Waals surface area contributed by atoms with Crippen LogP contribution in [0.15, 0.2) is 42.7 Å². The summed E-state index contributed by atoms with van der Waals surface area (Å²) in [5.41, 5.74) is 5.18. The summed E-state index contributed by atoms with van der Waals surface area (Å²) in [5, 5.41) is 7.65. The van der Waals surface area contributed by atoms with Gasteiger partial charge in [-0.2, -0.15) is 5.10 Å². The van der Waals surface area contributed by atoms with Crippen molar-refractivity contribution in [1.82, 2.24) is 19.9 Å². The number of rotatable bonds is 6. The number of ether oxygens (including phenoxy) is 1. The molecule has 0 aliphatic heterocycles. The highest BCUT2D eigenvalue weighted by Crippen LogP contribution is 2.26. The predicted molar refractivity (Wildman–Crippen MR) is 101 cm³/mol. The fourth-order valence-corrected chi connectivity index (χ4v) is 2.76. The van der Waals surface area contributed by atoms with E-state index in [1.165, 1.54) is 0 Å². The van der Waals surface area contributed by atoms with E-state index in [1.807, 2.05) is 44.2 Å². The second-order valence-corrected chi connectivity index (χ2v) is 6.48. The second-order valence-electron chi connectivity index (χ2n) is 5.69. The first kappa shape index (κ1) is 17.4. The lowest BCUT2D eigenvalue weighted by molar-refractivity contribution is 0.242. The second kappa shape index (κ2) is 7.67. The van der Waals surface area contributed by atoms with E-state index in [9.17, 15) is 0 Å². The first-order valence-corrected chi connectivity index (χ1v) is 8.60. The first-order chi connectivity index (χ1) is 12.0. The van der Waals surface area contributed by atoms with Gasteiger partial charge in [-0.25, -0.2) is 9.77 Å². The molecule has 130 valence electrons. The third-order valence-electron chi connectivity index (χ3n) is 3.41. The van der Waals surface area contributed by atoms with Gasteiger partial charge in [0.25, 0.3) is 0 Å². The number of aromatic amines is 1. The van der Waals surface area contributed by atoms with Gasteiger partial charge in [0.1, 0.15) is 5.75 Å². The summed E-state index contributed by atoms with van der Waals surface area (Å²) < 4.78 is 7.87. The van der Waals surface area contributed by atoms with Gasteiger partial charge in [-0.1, -0.05) is 17.7 Å². The SMILES string of the molecule is CC(C)Oc1ccc(CNn2c(-c3ccncc3)n[nH]c2=S)cc1Cl. The van der Waals surface area contributed by atoms with Crippen LogP contribution in [0, 0.1) is 4.77 Å². The van der Waals surface area contributed by atoms with E-state index >= 15 is 0 Å². The fraction of sp³-hybridized carbons (Fsp3) is 0.235. The minimum atomic E-state index is 0.0775. The number of hydrogen-bond donors (Lipinski definition) is 2. The maximum Gasteiger partial charge on any atom is 0.214 e. The molecule has 0 fully saturated rings. The van der Waals surface area contributed by atoms with Crippen molar-refractivity contribution in [2.75, 3.05) is 5.43 Å². The minimum absolute atomic E-state index is 0.0775. The monoisotopic (exact) mass is 375 g/mol. The minimum Gasteiger partial charge on any atom is -0.489 e. The number of nitrogens with one attached hydrogen (secondary N) is 2. The summed E-state index contributed by atoms with van der Waals surface area (Å²) in [4.78, 5) is 4.02. The van der Waals surface area contributed by atoms with Crippen molar-refractivity contribution < 1.29 is 4.74 Å². The van der Waals surface area contributed by atoms with Crippen molar-refractivity contribution in [2.45, 2.75) is 26.5 Å². The van der Waals surface area contributed by atoms with Gasteiger partial charge in [-0.05, 0) is 55.9 Å². The van der Waals surface area contributed by atoms with Crippen LogP contribution in [0.3, 0.4) is 0 Å². The summed E-state index contributed by atoms with van der Waals surface area (Å²) in [7, 11) is 0. The quantitative estimate of drug-likeness (QED) is 0.632. The van der Waals surface area contributed by atoms with Crippen molar-refractivity contribution >= 4 is 23.8 Å². The Balaban J connectivity index is 1.78. The zero-order valence-corrected chi connectivity index (χ0v) is 15.4. The van der Waals surface area contributed by atoms with Crippen LogP contribution in [0.1, 0.15) is 19.4 Å². The van der Waals surface area contributed by atoms with E-state index in [2.05, 4.69) is 20.6 Å². The lowest BCUT2D eigenvalue weighted by atomic mass is 10.2. The van der Waals surface area contributed by atoms with Gasteiger partial charge >= 0.3 is 0 Å². The molecule has 0 aliphatic rings. The standard InChI is InChI=1S/C17H18ClN5OS/c1-11(2)24-15-4-3-12(9-14(15)18)10-20-23-16(21-22-17(23)25)13-5-7-19-8-6-13/h3-9,11,20H,10H2,1-2H3,(H,22,25). The average molecular weight is 376 g/mol. The summed E-state index contributed by atoms with van der Waals surface area (Å²) in [6, 6.07) is 9.46. The normalized spacial score (nSPS) is 10.9. The van der Waals surface area contributed by atoms with Gasteiger partial charge in [-0.3, -0.25) is 4.98 Å². The predicted octanol–water partition coefficient (Wildman–Crippen LogP) is 4.19. The molecule has 0 atom stereocenters. The van der Waals surface area contributed by atoms with Gasteiger partial charge in [0.2, 0.25) is 4.77 Å². The smallest absolute Gasteiger partial charge is 0.214 e. The topological polar surface area (TPSA) is 67.8 Å². The molecule has 0 radical (unpaired) electrons. The largest absolute Gasteiger partial charge is 0.489 e. The van der Waals surface area contributed by atoms with Crippen molar-refractivity contribution in [1.29, 1.82) is 0 Å². The van der Waals surface area contributed by atoms with E-state index in [4.69, 9.17) is 28.6 Å². The van der Waals surface area contributed by atoms with E-state index in [-0.39, 0.29) is 6.10 Å². The van der Waals surface area contributed by atoms with Crippen molar-refractivity contribution in [3.63, 3.8) is 0 Å². The van der Waals surface area contributed by atoms with Crippen molar-refractivity contribution in [3.8, 4) is 17.1 Å². The lowest BCUT2D eigenvalue weighted by Crippen LogP contribution is -2.16. The third-order valence-corrected chi connectivity index (χ3v) is 3.98. The van der Waals surface area contributed by atoms with E-state index in [0.29, 0.717) is 27.9 Å². The van der Waals surface area contributed by atoms with Crippen LogP contribution < -0.4 is 10.2 Å². The molecule has 0 unspecified atom stereocenters. The maximum absolute atomic E-state index is 6.29. The molecule has 0 spiro atoms. The molecule has 2 N–H and O–H groups in total. The van der Waals surface area contributed by atoms with Gasteiger partial charge in [0.05, 0.1) is 17.7 Å². The lowest BCUT2D eigenvalue weighted by Gasteiger charge is -2.13. The van der Waals surface area contributed by atoms with E-state index in [1.54, 1.807) is 17.1 Å². The Morgan fingerprint density at radius 2 is 2.04 bits per heavy atom. The Labute approximate surface area is 155 Å². The van der Waals surface area contributed by atoms with Gasteiger partial charge < -0.3 is 10.2 Å². The highest BCUT2D eigenvalue weighted by atomic mass is 35.5. The number of aromatic nitrogens is 4. The zero-order chi connectivity index (χ0) is 17.8. The van der Waals surface area contributed by atoms with Crippen LogP contribution in [0.5, 0.6) is 5.75 Å². The molecule has 1 aromatic carbocycles. The molecule has 2 aromatic heterocycles. The molecule has 2 heterocycles. The number of hydrogen-bond acceptors (Lipinski definition) is 5. The first-order valence-electron chi connectivity index (χ1n) is 7.81. The highest BCUT2D eigenvalue weighted by Gasteiger charge is 2.09. The number of nitrogens with zero attached hydrogens (tertiary/aromatic N) is 3. The molecular formula is C17H18ClN5OS. The molecule has 3 aromatic rings. The maximum atomic E-state index is 6.29. The zero-order valence-electron chi connectivity index (χ0n) is 13.9. The number of halogens is 1. The molecule has 0 bridgehead atoms. The molecule has 0 saturated carbocycles. The summed E-state index contributed by atoms with van der Waals surface area (Å²) in [6.07, 6.45) is 3.50. The summed E-state index contributed by atoms with van der Waals surface area (Å²) in [5.74, 6) is 1.37. The van der Waals surface area contributed by atoms with Crippen LogP contribution >= 0.6 is 23.8 Å². The molecule has 6 nitrogen and oxygen atoms in total. The Morgan fingerprint density at radius 1 is 1.28 bits per heavy atom. The Bertz CT molecular complexity index is 907. The van der Waals surface area contributed by atoms with Gasteiger partial charge in [0.15, 0.2) is 5.82 Å². The molecule has 0 saturated heterocycles. The van der Waals surface area contributed by atoms with Gasteiger partial charge in [0, 0.05) is 18.0 Å². The van der Waals surface area contributed by atoms with Crippen LogP contribution in [0.2, 0.25) is 5.02 Å². The van der Waals surface area contributed by atoms with E-state index < -0.39 is 0 Å². The van der Waals surface area contributed by atoms with Crippen molar-refractivity contribution in [3.05, 3.63) is 58.1 Å². The van der Waals surface area contributed by atoms with Crippen LogP contribution in [0.4, 0.5) is 0 Å². The average Bonchev–Trinajstić information content (AvgIpc) is 2.96. The molecular weight excluding hydrogens is 358 g/mol. The summed E-state index contributed by atoms with van der Waals surface area (Å²) in [6.45, 7) is 4.47. The third kappa shape index (κ3) is 4.18. The number of benzene rings is 1. The molecule has 3 rings (SSSR count). The molecule has 0 amide bonds. The molecule has 25 heavy (non-hydrogen) atoms. The molecule has 8 heteroatoms. The Morgan fingerprint density at radius 3 is 2.72 bits per heavy atom. The number of pyridine rings is 1. The van der Waals surface area contributed by atoms with Crippen molar-refractivity contribution in [2.24, 2.45) is 0 Å². The van der Waals surface area contributed by atoms with Crippen LogP contribution in [0.25, 0.3) is 11.4 Å². The van der Waals surface area contributed by atoms with Crippen LogP contribution in [-0.2, 0) is 6.54 Å². The number of H-pyrrole nitrogens is 1. The summed E-state index contributed by atoms with van der Waals surface area (Å²) >= 11 is 11.6. The highest BCUT2D eigenvalue weighted by molar-refractivity contribution is 7.71. The Hall–Kier alpha value is -2.38. The van der Waals surface area contributed by atoms with Gasteiger partial charge in [-0.15, -0.1) is 0 Å². The Kier molecular flexibility index (Phi) is 5.35. The van der Waals surface area contributed by atoms with Crippen LogP contribution in [-0.4, -0.2) is 26.0 Å². The molecule has 0 aliphatic carbocycles.